The molecule has 1 fully saturated rings. The number of β-amino-alcohol motifs (C(OH)–C–C–N with tert-alkyl or cyclic N) is 1. The molecular formula is C19H21N3O4. The number of likely N-dealkylation sites (tertiary alicyclic amines) is 1. The Balaban J connectivity index is 1.55. The van der Waals surface area contributed by atoms with Crippen LogP contribution in [0.1, 0.15) is 50.8 Å². The second kappa shape index (κ2) is 6.64. The van der Waals surface area contributed by atoms with Gasteiger partial charge in [-0.1, -0.05) is 0 Å². The molecule has 1 N–H and O–H groups in total. The molecule has 0 aromatic carbocycles. The fourth-order valence-corrected chi connectivity index (χ4v) is 3.95. The zero-order valence-corrected chi connectivity index (χ0v) is 14.6. The molecule has 0 bridgehead atoms. The Morgan fingerprint density at radius 1 is 1.35 bits per heavy atom. The first-order valence-electron chi connectivity index (χ1n) is 8.92. The predicted octanol–water partition coefficient (Wildman–Crippen LogP) is 1.57. The van der Waals surface area contributed by atoms with Crippen molar-refractivity contribution >= 4 is 11.7 Å². The van der Waals surface area contributed by atoms with E-state index in [1.807, 2.05) is 0 Å². The molecule has 2 atom stereocenters. The molecule has 26 heavy (non-hydrogen) atoms. The maximum atomic E-state index is 13.1. The van der Waals surface area contributed by atoms with Crippen molar-refractivity contribution in [1.29, 1.82) is 0 Å². The van der Waals surface area contributed by atoms with Crippen LogP contribution in [0.5, 0.6) is 0 Å². The Labute approximate surface area is 151 Å². The minimum absolute atomic E-state index is 0.0256. The van der Waals surface area contributed by atoms with E-state index < -0.39 is 6.10 Å². The van der Waals surface area contributed by atoms with Crippen LogP contribution in [-0.2, 0) is 12.8 Å². The first kappa shape index (κ1) is 16.9. The molecule has 2 aliphatic rings. The molecule has 0 radical (unpaired) electrons. The van der Waals surface area contributed by atoms with Gasteiger partial charge in [0.2, 0.25) is 0 Å². The molecule has 136 valence electrons. The lowest BCUT2D eigenvalue weighted by molar-refractivity contribution is 0.0758. The highest BCUT2D eigenvalue weighted by atomic mass is 16.3. The van der Waals surface area contributed by atoms with Gasteiger partial charge in [-0.05, 0) is 19.8 Å². The molecule has 1 saturated heterocycles. The summed E-state index contributed by atoms with van der Waals surface area (Å²) in [5.74, 6) is 0.750. The normalized spacial score (nSPS) is 22.5. The quantitative estimate of drug-likeness (QED) is 0.898. The molecule has 4 rings (SSSR count). The number of aryl methyl sites for hydroxylation is 2. The molecular weight excluding hydrogens is 334 g/mol. The van der Waals surface area contributed by atoms with Gasteiger partial charge in [0.15, 0.2) is 5.78 Å². The van der Waals surface area contributed by atoms with Crippen LogP contribution >= 0.6 is 0 Å². The van der Waals surface area contributed by atoms with Crippen molar-refractivity contribution in [3.8, 4) is 0 Å². The number of Topliss-reactive ketones (excluding diaryl/α,β-unsaturated/α-hetero) is 1. The summed E-state index contributed by atoms with van der Waals surface area (Å²) in [6.45, 7) is 2.39. The predicted molar refractivity (Wildman–Crippen MR) is 91.8 cm³/mol. The number of hydrogen-bond donors (Lipinski definition) is 1. The van der Waals surface area contributed by atoms with Crippen molar-refractivity contribution in [3.63, 3.8) is 0 Å². The number of hydrogen-bond acceptors (Lipinski definition) is 6. The molecule has 1 aliphatic carbocycles. The smallest absolute Gasteiger partial charge is 0.258 e. The van der Waals surface area contributed by atoms with E-state index in [4.69, 9.17) is 4.42 Å². The lowest BCUT2D eigenvalue weighted by Crippen LogP contribution is -2.31. The summed E-state index contributed by atoms with van der Waals surface area (Å²) >= 11 is 0. The molecule has 7 nitrogen and oxygen atoms in total. The zero-order chi connectivity index (χ0) is 18.3. The van der Waals surface area contributed by atoms with Gasteiger partial charge in [0.1, 0.15) is 11.5 Å². The van der Waals surface area contributed by atoms with Crippen molar-refractivity contribution in [3.05, 3.63) is 46.9 Å². The topological polar surface area (TPSA) is 96.5 Å². The Kier molecular flexibility index (Phi) is 4.32. The van der Waals surface area contributed by atoms with Gasteiger partial charge >= 0.3 is 0 Å². The first-order chi connectivity index (χ1) is 12.5. The number of fused-ring (bicyclic) bond motifs is 1. The molecule has 2 aromatic heterocycles. The summed E-state index contributed by atoms with van der Waals surface area (Å²) in [5, 5.41) is 10.4. The van der Waals surface area contributed by atoms with Crippen molar-refractivity contribution in [2.24, 2.45) is 5.92 Å². The largest absolute Gasteiger partial charge is 0.465 e. The van der Waals surface area contributed by atoms with E-state index in [1.54, 1.807) is 30.4 Å². The Hall–Kier alpha value is -2.54. The third kappa shape index (κ3) is 2.92. The van der Waals surface area contributed by atoms with E-state index in [0.717, 1.165) is 12.1 Å². The molecule has 0 spiro atoms. The number of carbonyl (C=O) groups is 2. The van der Waals surface area contributed by atoms with Gasteiger partial charge in [-0.3, -0.25) is 19.6 Å². The lowest BCUT2D eigenvalue weighted by Gasteiger charge is -2.17. The highest BCUT2D eigenvalue weighted by molar-refractivity contribution is 6.10. The molecule has 1 aliphatic heterocycles. The standard InChI is InChI=1S/C19H21N3O4/c1-11-17(18-14(23)3-2-4-16(18)26-11)19(25)22-9-12(15(24)10-22)7-13-8-20-5-6-21-13/h5-6,8,12,15,24H,2-4,7,9-10H2,1H3/t12-,15-/m1/s1. The van der Waals surface area contributed by atoms with E-state index in [-0.39, 0.29) is 24.2 Å². The zero-order valence-electron chi connectivity index (χ0n) is 14.6. The average molecular weight is 355 g/mol. The number of nitrogens with zero attached hydrogens (tertiary/aromatic N) is 3. The SMILES string of the molecule is Cc1oc2c(c1C(=O)N1C[C@@H](Cc3cnccn3)[C@H](O)C1)C(=O)CCC2. The van der Waals surface area contributed by atoms with Crippen LogP contribution in [0.3, 0.4) is 0 Å². The van der Waals surface area contributed by atoms with E-state index in [2.05, 4.69) is 9.97 Å². The van der Waals surface area contributed by atoms with Crippen LogP contribution in [0.15, 0.2) is 23.0 Å². The molecule has 2 aromatic rings. The third-order valence-electron chi connectivity index (χ3n) is 5.24. The lowest BCUT2D eigenvalue weighted by atomic mass is 9.93. The maximum Gasteiger partial charge on any atom is 0.258 e. The number of carbonyl (C=O) groups excluding carboxylic acids is 2. The number of aliphatic hydroxyl groups excluding tert-OH is 1. The highest BCUT2D eigenvalue weighted by Gasteiger charge is 2.38. The first-order valence-corrected chi connectivity index (χ1v) is 8.92. The van der Waals surface area contributed by atoms with E-state index in [0.29, 0.717) is 48.5 Å². The Morgan fingerprint density at radius 3 is 2.96 bits per heavy atom. The van der Waals surface area contributed by atoms with E-state index in [9.17, 15) is 14.7 Å². The minimum atomic E-state index is -0.625. The van der Waals surface area contributed by atoms with E-state index in [1.165, 1.54) is 0 Å². The summed E-state index contributed by atoms with van der Waals surface area (Å²) in [6.07, 6.45) is 6.72. The number of ketones is 1. The van der Waals surface area contributed by atoms with Gasteiger partial charge in [-0.25, -0.2) is 0 Å². The molecule has 0 saturated carbocycles. The van der Waals surface area contributed by atoms with Crippen LogP contribution in [0.2, 0.25) is 0 Å². The van der Waals surface area contributed by atoms with Crippen LogP contribution < -0.4 is 0 Å². The second-order valence-electron chi connectivity index (χ2n) is 7.05. The van der Waals surface area contributed by atoms with Crippen LogP contribution in [0, 0.1) is 12.8 Å². The van der Waals surface area contributed by atoms with Gasteiger partial charge in [-0.15, -0.1) is 0 Å². The molecule has 0 unspecified atom stereocenters. The number of rotatable bonds is 3. The van der Waals surface area contributed by atoms with Gasteiger partial charge in [0.25, 0.3) is 5.91 Å². The number of aromatic nitrogens is 2. The van der Waals surface area contributed by atoms with Gasteiger partial charge in [0.05, 0.1) is 22.9 Å². The fraction of sp³-hybridized carbons (Fsp3) is 0.474. The summed E-state index contributed by atoms with van der Waals surface area (Å²) in [4.78, 5) is 35.3. The van der Waals surface area contributed by atoms with Crippen molar-refractivity contribution in [2.75, 3.05) is 13.1 Å². The highest BCUT2D eigenvalue weighted by Crippen LogP contribution is 2.32. The summed E-state index contributed by atoms with van der Waals surface area (Å²) in [5.41, 5.74) is 1.61. The monoisotopic (exact) mass is 355 g/mol. The van der Waals surface area contributed by atoms with Crippen LogP contribution in [-0.4, -0.2) is 50.9 Å². The number of amides is 1. The number of aliphatic hydroxyl groups is 1. The maximum absolute atomic E-state index is 13.1. The summed E-state index contributed by atoms with van der Waals surface area (Å²) in [7, 11) is 0. The summed E-state index contributed by atoms with van der Waals surface area (Å²) in [6, 6.07) is 0. The summed E-state index contributed by atoms with van der Waals surface area (Å²) < 4.78 is 5.69. The number of furan rings is 1. The van der Waals surface area contributed by atoms with Crippen molar-refractivity contribution in [1.82, 2.24) is 14.9 Å². The molecule has 7 heteroatoms. The van der Waals surface area contributed by atoms with E-state index >= 15 is 0 Å². The van der Waals surface area contributed by atoms with Gasteiger partial charge < -0.3 is 14.4 Å². The van der Waals surface area contributed by atoms with Crippen LogP contribution in [0.25, 0.3) is 0 Å². The fourth-order valence-electron chi connectivity index (χ4n) is 3.95. The van der Waals surface area contributed by atoms with Gasteiger partial charge in [-0.2, -0.15) is 0 Å². The second-order valence-corrected chi connectivity index (χ2v) is 7.05. The van der Waals surface area contributed by atoms with Crippen LogP contribution in [0.4, 0.5) is 0 Å². The third-order valence-corrected chi connectivity index (χ3v) is 5.24. The molecule has 3 heterocycles. The van der Waals surface area contributed by atoms with Crippen molar-refractivity contribution in [2.45, 2.75) is 38.7 Å². The molecule has 1 amide bonds. The Bertz CT molecular complexity index is 846. The Morgan fingerprint density at radius 2 is 2.19 bits per heavy atom. The average Bonchev–Trinajstić information content (AvgIpc) is 3.16. The minimum Gasteiger partial charge on any atom is -0.465 e. The van der Waals surface area contributed by atoms with Gasteiger partial charge in [0, 0.05) is 50.4 Å². The van der Waals surface area contributed by atoms with Crippen molar-refractivity contribution < 1.29 is 19.1 Å².